The summed E-state index contributed by atoms with van der Waals surface area (Å²) in [6.07, 6.45) is 2.23. The van der Waals surface area contributed by atoms with Gasteiger partial charge in [0.2, 0.25) is 0 Å². The smallest absolute Gasteiger partial charge is 0.119 e. The molecule has 0 amide bonds. The van der Waals surface area contributed by atoms with E-state index in [2.05, 4.69) is 28.4 Å². The summed E-state index contributed by atoms with van der Waals surface area (Å²) < 4.78 is 5.53. The largest absolute Gasteiger partial charge is 0.494 e. The number of rotatable bonds is 8. The first-order valence-electron chi connectivity index (χ1n) is 8.50. The van der Waals surface area contributed by atoms with Crippen LogP contribution in [0.1, 0.15) is 32.3 Å². The average Bonchev–Trinajstić information content (AvgIpc) is 2.49. The summed E-state index contributed by atoms with van der Waals surface area (Å²) >= 11 is 0. The lowest BCUT2D eigenvalue weighted by Crippen LogP contribution is -2.40. The standard InChI is InChI=1S/C18H30N2O2/c1-3-22-18-6-4-5-17(11-18)13-19-12-16-7-9-20(10-8-16)14-15(2)21/h4-6,11,15-16,19,21H,3,7-10,12-14H2,1-2H3/t15-/m0/s1. The number of aliphatic hydroxyl groups is 1. The second kappa shape index (κ2) is 9.13. The predicted octanol–water partition coefficient (Wildman–Crippen LogP) is 2.27. The summed E-state index contributed by atoms with van der Waals surface area (Å²) in [7, 11) is 0. The van der Waals surface area contributed by atoms with Gasteiger partial charge in [0.25, 0.3) is 0 Å². The van der Waals surface area contributed by atoms with Crippen molar-refractivity contribution in [2.75, 3.05) is 32.8 Å². The van der Waals surface area contributed by atoms with Gasteiger partial charge in [0.05, 0.1) is 12.7 Å². The molecule has 1 aliphatic heterocycles. The molecule has 2 rings (SSSR count). The van der Waals surface area contributed by atoms with Gasteiger partial charge in [-0.05, 0) is 69.9 Å². The number of hydrogen-bond donors (Lipinski definition) is 2. The molecule has 1 aliphatic rings. The van der Waals surface area contributed by atoms with Crippen LogP contribution < -0.4 is 10.1 Å². The summed E-state index contributed by atoms with van der Waals surface area (Å²) in [4.78, 5) is 2.37. The fraction of sp³-hybridized carbons (Fsp3) is 0.667. The van der Waals surface area contributed by atoms with Gasteiger partial charge in [-0.15, -0.1) is 0 Å². The van der Waals surface area contributed by atoms with Crippen molar-refractivity contribution in [1.29, 1.82) is 0 Å². The van der Waals surface area contributed by atoms with Crippen LogP contribution in [0, 0.1) is 5.92 Å². The van der Waals surface area contributed by atoms with Crippen molar-refractivity contribution in [2.45, 2.75) is 39.3 Å². The Morgan fingerprint density at radius 2 is 2.14 bits per heavy atom. The number of benzene rings is 1. The van der Waals surface area contributed by atoms with Crippen LogP contribution in [0.3, 0.4) is 0 Å². The van der Waals surface area contributed by atoms with E-state index in [1.54, 1.807) is 0 Å². The molecule has 0 aliphatic carbocycles. The fourth-order valence-corrected chi connectivity index (χ4v) is 3.08. The maximum Gasteiger partial charge on any atom is 0.119 e. The minimum Gasteiger partial charge on any atom is -0.494 e. The van der Waals surface area contributed by atoms with Gasteiger partial charge in [-0.3, -0.25) is 0 Å². The van der Waals surface area contributed by atoms with Crippen LogP contribution in [0.25, 0.3) is 0 Å². The number of likely N-dealkylation sites (tertiary alicyclic amines) is 1. The van der Waals surface area contributed by atoms with E-state index in [1.807, 2.05) is 19.9 Å². The molecule has 1 atom stereocenters. The van der Waals surface area contributed by atoms with Crippen LogP contribution in [0.2, 0.25) is 0 Å². The van der Waals surface area contributed by atoms with E-state index < -0.39 is 0 Å². The highest BCUT2D eigenvalue weighted by Gasteiger charge is 2.19. The topological polar surface area (TPSA) is 44.7 Å². The Hall–Kier alpha value is -1.10. The highest BCUT2D eigenvalue weighted by atomic mass is 16.5. The minimum absolute atomic E-state index is 0.215. The zero-order chi connectivity index (χ0) is 15.8. The van der Waals surface area contributed by atoms with E-state index in [0.717, 1.165) is 44.4 Å². The van der Waals surface area contributed by atoms with E-state index in [4.69, 9.17) is 4.74 Å². The molecule has 0 aromatic heterocycles. The molecule has 0 unspecified atom stereocenters. The normalized spacial score (nSPS) is 18.3. The van der Waals surface area contributed by atoms with Crippen molar-refractivity contribution >= 4 is 0 Å². The quantitative estimate of drug-likeness (QED) is 0.773. The first kappa shape index (κ1) is 17.3. The molecule has 0 saturated carbocycles. The maximum atomic E-state index is 9.43. The van der Waals surface area contributed by atoms with Crippen molar-refractivity contribution in [1.82, 2.24) is 10.2 Å². The predicted molar refractivity (Wildman–Crippen MR) is 90.2 cm³/mol. The average molecular weight is 306 g/mol. The highest BCUT2D eigenvalue weighted by molar-refractivity contribution is 5.28. The highest BCUT2D eigenvalue weighted by Crippen LogP contribution is 2.17. The van der Waals surface area contributed by atoms with Gasteiger partial charge in [0.15, 0.2) is 0 Å². The molecular weight excluding hydrogens is 276 g/mol. The molecule has 1 heterocycles. The van der Waals surface area contributed by atoms with Crippen molar-refractivity contribution in [3.05, 3.63) is 29.8 Å². The number of hydrogen-bond acceptors (Lipinski definition) is 4. The van der Waals surface area contributed by atoms with Crippen LogP contribution >= 0.6 is 0 Å². The van der Waals surface area contributed by atoms with Crippen molar-refractivity contribution < 1.29 is 9.84 Å². The Labute approximate surface area is 134 Å². The third-order valence-electron chi connectivity index (χ3n) is 4.20. The van der Waals surface area contributed by atoms with E-state index in [-0.39, 0.29) is 6.10 Å². The van der Waals surface area contributed by atoms with Gasteiger partial charge in [-0.2, -0.15) is 0 Å². The SMILES string of the molecule is CCOc1cccc(CNCC2CCN(C[C@H](C)O)CC2)c1. The van der Waals surface area contributed by atoms with Crippen LogP contribution in [-0.4, -0.2) is 48.9 Å². The third kappa shape index (κ3) is 5.95. The number of piperidine rings is 1. The molecule has 22 heavy (non-hydrogen) atoms. The number of nitrogens with zero attached hydrogens (tertiary/aromatic N) is 1. The zero-order valence-corrected chi connectivity index (χ0v) is 13.9. The molecule has 4 nitrogen and oxygen atoms in total. The minimum atomic E-state index is -0.215. The van der Waals surface area contributed by atoms with Crippen LogP contribution in [0.4, 0.5) is 0 Å². The summed E-state index contributed by atoms with van der Waals surface area (Å²) in [5.41, 5.74) is 1.28. The van der Waals surface area contributed by atoms with Gasteiger partial charge in [-0.25, -0.2) is 0 Å². The van der Waals surface area contributed by atoms with Gasteiger partial charge in [0, 0.05) is 13.1 Å². The van der Waals surface area contributed by atoms with Crippen molar-refractivity contribution in [3.8, 4) is 5.75 Å². The number of aliphatic hydroxyl groups excluding tert-OH is 1. The number of nitrogens with one attached hydrogen (secondary N) is 1. The van der Waals surface area contributed by atoms with Crippen LogP contribution in [0.15, 0.2) is 24.3 Å². The summed E-state index contributed by atoms with van der Waals surface area (Å²) in [6.45, 7) is 9.58. The first-order chi connectivity index (χ1) is 10.7. The molecule has 1 aromatic rings. The molecule has 4 heteroatoms. The molecule has 1 aromatic carbocycles. The molecule has 1 saturated heterocycles. The molecule has 0 bridgehead atoms. The molecule has 0 radical (unpaired) electrons. The molecule has 1 fully saturated rings. The van der Waals surface area contributed by atoms with E-state index in [9.17, 15) is 5.11 Å². The van der Waals surface area contributed by atoms with Crippen LogP contribution in [0.5, 0.6) is 5.75 Å². The van der Waals surface area contributed by atoms with Crippen LogP contribution in [-0.2, 0) is 6.54 Å². The Morgan fingerprint density at radius 3 is 2.82 bits per heavy atom. The lowest BCUT2D eigenvalue weighted by atomic mass is 9.96. The Kier molecular flexibility index (Phi) is 7.16. The number of β-amino-alcohol motifs (C(OH)–C–C–N with tert-alkyl or cyclic N) is 1. The lowest BCUT2D eigenvalue weighted by molar-refractivity contribution is 0.0998. The Bertz CT molecular complexity index is 429. The second-order valence-corrected chi connectivity index (χ2v) is 6.30. The molecule has 2 N–H and O–H groups in total. The van der Waals surface area contributed by atoms with Gasteiger partial charge < -0.3 is 20.1 Å². The van der Waals surface area contributed by atoms with Gasteiger partial charge in [0.1, 0.15) is 5.75 Å². The maximum absolute atomic E-state index is 9.43. The summed E-state index contributed by atoms with van der Waals surface area (Å²) in [5.74, 6) is 1.70. The van der Waals surface area contributed by atoms with E-state index in [1.165, 1.54) is 18.4 Å². The first-order valence-corrected chi connectivity index (χ1v) is 8.50. The second-order valence-electron chi connectivity index (χ2n) is 6.30. The Morgan fingerprint density at radius 1 is 1.36 bits per heavy atom. The van der Waals surface area contributed by atoms with E-state index in [0.29, 0.717) is 6.61 Å². The van der Waals surface area contributed by atoms with Gasteiger partial charge >= 0.3 is 0 Å². The monoisotopic (exact) mass is 306 g/mol. The summed E-state index contributed by atoms with van der Waals surface area (Å²) in [6, 6.07) is 8.31. The van der Waals surface area contributed by atoms with Gasteiger partial charge in [-0.1, -0.05) is 12.1 Å². The Balaban J connectivity index is 1.66. The van der Waals surface area contributed by atoms with Crippen molar-refractivity contribution in [2.24, 2.45) is 5.92 Å². The molecule has 124 valence electrons. The number of ether oxygens (including phenoxy) is 1. The van der Waals surface area contributed by atoms with E-state index >= 15 is 0 Å². The zero-order valence-electron chi connectivity index (χ0n) is 13.9. The summed E-state index contributed by atoms with van der Waals surface area (Å²) in [5, 5.41) is 13.0. The fourth-order valence-electron chi connectivity index (χ4n) is 3.08. The molecule has 0 spiro atoms. The lowest BCUT2D eigenvalue weighted by Gasteiger charge is -2.32. The molecular formula is C18H30N2O2. The van der Waals surface area contributed by atoms with Crippen molar-refractivity contribution in [3.63, 3.8) is 0 Å². The third-order valence-corrected chi connectivity index (χ3v) is 4.20.